The van der Waals surface area contributed by atoms with Crippen LogP contribution in [0.4, 0.5) is 13.2 Å². The van der Waals surface area contributed by atoms with E-state index in [1.165, 1.54) is 6.07 Å². The van der Waals surface area contributed by atoms with E-state index in [0.717, 1.165) is 6.07 Å². The molecule has 17 heavy (non-hydrogen) atoms. The van der Waals surface area contributed by atoms with E-state index in [2.05, 4.69) is 19.2 Å². The summed E-state index contributed by atoms with van der Waals surface area (Å²) in [5, 5.41) is 8.02. The van der Waals surface area contributed by atoms with Crippen molar-refractivity contribution in [3.8, 4) is 0 Å². The molecule has 0 amide bonds. The van der Waals surface area contributed by atoms with E-state index in [0.29, 0.717) is 0 Å². The minimum absolute atomic E-state index is 0.0825. The summed E-state index contributed by atoms with van der Waals surface area (Å²) in [6, 6.07) is 2.16. The van der Waals surface area contributed by atoms with Gasteiger partial charge in [0.25, 0.3) is 0 Å². The van der Waals surface area contributed by atoms with Gasteiger partial charge in [-0.1, -0.05) is 24.2 Å². The third-order valence-electron chi connectivity index (χ3n) is 1.99. The highest BCUT2D eigenvalue weighted by Gasteiger charge is 2.38. The van der Waals surface area contributed by atoms with E-state index >= 15 is 0 Å². The quantitative estimate of drug-likeness (QED) is 0.640. The molecule has 0 aliphatic carbocycles. The van der Waals surface area contributed by atoms with Crippen LogP contribution in [0.3, 0.4) is 0 Å². The molecule has 0 saturated heterocycles. The van der Waals surface area contributed by atoms with E-state index in [1.807, 2.05) is 0 Å². The number of carboxylic acid groups (broad SMARTS) is 1. The van der Waals surface area contributed by atoms with Crippen LogP contribution in [-0.2, 0) is 11.0 Å². The highest BCUT2D eigenvalue weighted by Crippen LogP contribution is 2.41. The summed E-state index contributed by atoms with van der Waals surface area (Å²) in [4.78, 5) is 10.6. The van der Waals surface area contributed by atoms with E-state index in [1.54, 1.807) is 0 Å². The smallest absolute Gasteiger partial charge is 0.418 e. The molecule has 0 aliphatic rings. The molecule has 0 spiro atoms. The standard InChI is InChI=1S/C10H6ClF3O2S/c1-4(9(15)16)5-2-3-6(17)8(11)7(5)10(12,13)14/h2-3,17H,1H2,(H,15,16). The van der Waals surface area contributed by atoms with Crippen molar-refractivity contribution in [3.63, 3.8) is 0 Å². The molecule has 1 aromatic carbocycles. The molecule has 0 saturated carbocycles. The summed E-state index contributed by atoms with van der Waals surface area (Å²) in [6.07, 6.45) is -4.77. The lowest BCUT2D eigenvalue weighted by atomic mass is 10.0. The van der Waals surface area contributed by atoms with Crippen LogP contribution in [0.25, 0.3) is 5.57 Å². The normalized spacial score (nSPS) is 11.4. The van der Waals surface area contributed by atoms with Gasteiger partial charge in [0.15, 0.2) is 0 Å². The third kappa shape index (κ3) is 2.76. The number of hydrogen-bond donors (Lipinski definition) is 2. The zero-order valence-electron chi connectivity index (χ0n) is 8.18. The fourth-order valence-corrected chi connectivity index (χ4v) is 1.67. The van der Waals surface area contributed by atoms with Crippen LogP contribution >= 0.6 is 24.2 Å². The maximum atomic E-state index is 12.8. The summed E-state index contributed by atoms with van der Waals surface area (Å²) < 4.78 is 38.3. The van der Waals surface area contributed by atoms with Gasteiger partial charge < -0.3 is 5.11 Å². The average molecular weight is 283 g/mol. The van der Waals surface area contributed by atoms with Crippen molar-refractivity contribution >= 4 is 35.8 Å². The highest BCUT2D eigenvalue weighted by atomic mass is 35.5. The molecule has 1 N–H and O–H groups in total. The Kier molecular flexibility index (Phi) is 3.78. The maximum absolute atomic E-state index is 12.8. The van der Waals surface area contributed by atoms with Crippen molar-refractivity contribution in [2.75, 3.05) is 0 Å². The molecule has 1 aromatic rings. The number of thiol groups is 1. The molecular formula is C10H6ClF3O2S. The van der Waals surface area contributed by atoms with Crippen LogP contribution in [0.2, 0.25) is 5.02 Å². The van der Waals surface area contributed by atoms with Crippen LogP contribution in [0.15, 0.2) is 23.6 Å². The van der Waals surface area contributed by atoms with Crippen molar-refractivity contribution in [2.45, 2.75) is 11.1 Å². The van der Waals surface area contributed by atoms with Gasteiger partial charge in [-0.05, 0) is 6.07 Å². The third-order valence-corrected chi connectivity index (χ3v) is 2.89. The van der Waals surface area contributed by atoms with Crippen LogP contribution in [-0.4, -0.2) is 11.1 Å². The van der Waals surface area contributed by atoms with Crippen molar-refractivity contribution in [2.24, 2.45) is 0 Å². The molecule has 0 atom stereocenters. The number of halogens is 4. The molecule has 0 aliphatic heterocycles. The van der Waals surface area contributed by atoms with E-state index in [4.69, 9.17) is 16.7 Å². The molecule has 0 heterocycles. The van der Waals surface area contributed by atoms with Gasteiger partial charge in [-0.15, -0.1) is 12.6 Å². The largest absolute Gasteiger partial charge is 0.478 e. The molecule has 0 unspecified atom stereocenters. The number of carbonyl (C=O) groups is 1. The van der Waals surface area contributed by atoms with Gasteiger partial charge in [-0.25, -0.2) is 4.79 Å². The van der Waals surface area contributed by atoms with Crippen molar-refractivity contribution in [3.05, 3.63) is 34.9 Å². The molecule has 1 rings (SSSR count). The molecule has 7 heteroatoms. The maximum Gasteiger partial charge on any atom is 0.418 e. The monoisotopic (exact) mass is 282 g/mol. The SMILES string of the molecule is C=C(C(=O)O)c1ccc(S)c(Cl)c1C(F)(F)F. The van der Waals surface area contributed by atoms with Gasteiger partial charge in [-0.2, -0.15) is 13.2 Å². The summed E-state index contributed by atoms with van der Waals surface area (Å²) >= 11 is 9.26. The Morgan fingerprint density at radius 2 is 1.94 bits per heavy atom. The second-order valence-corrected chi connectivity index (χ2v) is 3.96. The minimum atomic E-state index is -4.77. The highest BCUT2D eigenvalue weighted by molar-refractivity contribution is 7.80. The van der Waals surface area contributed by atoms with Gasteiger partial charge in [0.05, 0.1) is 16.2 Å². The first-order valence-electron chi connectivity index (χ1n) is 4.17. The Morgan fingerprint density at radius 1 is 1.41 bits per heavy atom. The number of aliphatic carboxylic acids is 1. The molecule has 92 valence electrons. The Morgan fingerprint density at radius 3 is 2.35 bits per heavy atom. The fourth-order valence-electron chi connectivity index (χ4n) is 1.21. The van der Waals surface area contributed by atoms with Crippen molar-refractivity contribution < 1.29 is 23.1 Å². The lowest BCUT2D eigenvalue weighted by Gasteiger charge is -2.15. The van der Waals surface area contributed by atoms with Crippen LogP contribution in [0, 0.1) is 0 Å². The van der Waals surface area contributed by atoms with E-state index in [-0.39, 0.29) is 4.90 Å². The number of rotatable bonds is 2. The summed E-state index contributed by atoms with van der Waals surface area (Å²) in [6.45, 7) is 3.09. The second kappa shape index (κ2) is 4.62. The lowest BCUT2D eigenvalue weighted by molar-refractivity contribution is -0.137. The van der Waals surface area contributed by atoms with Gasteiger partial charge in [0, 0.05) is 10.5 Å². The molecule has 0 bridgehead atoms. The topological polar surface area (TPSA) is 37.3 Å². The van der Waals surface area contributed by atoms with Crippen molar-refractivity contribution in [1.82, 2.24) is 0 Å². The molecular weight excluding hydrogens is 277 g/mol. The first kappa shape index (κ1) is 13.9. The zero-order chi connectivity index (χ0) is 13.4. The fraction of sp³-hybridized carbons (Fsp3) is 0.100. The molecule has 0 fully saturated rings. The van der Waals surface area contributed by atoms with Gasteiger partial charge in [0.1, 0.15) is 0 Å². The van der Waals surface area contributed by atoms with Gasteiger partial charge in [0.2, 0.25) is 0 Å². The summed E-state index contributed by atoms with van der Waals surface area (Å²) in [5.41, 5.74) is -2.47. The predicted molar refractivity (Wildman–Crippen MR) is 60.4 cm³/mol. The Labute approximate surface area is 105 Å². The molecule has 2 nitrogen and oxygen atoms in total. The van der Waals surface area contributed by atoms with Gasteiger partial charge >= 0.3 is 12.1 Å². The number of alkyl halides is 3. The summed E-state index contributed by atoms with van der Waals surface area (Å²) in [7, 11) is 0. The van der Waals surface area contributed by atoms with E-state index < -0.39 is 33.9 Å². The lowest BCUT2D eigenvalue weighted by Crippen LogP contribution is -2.12. The average Bonchev–Trinajstić information content (AvgIpc) is 2.18. The predicted octanol–water partition coefficient (Wildman–Crippen LogP) is 3.75. The Balaban J connectivity index is 3.58. The number of carboxylic acids is 1. The summed E-state index contributed by atoms with van der Waals surface area (Å²) in [5.74, 6) is -1.54. The second-order valence-electron chi connectivity index (χ2n) is 3.10. The number of benzene rings is 1. The number of hydrogen-bond acceptors (Lipinski definition) is 2. The van der Waals surface area contributed by atoms with Crippen molar-refractivity contribution in [1.29, 1.82) is 0 Å². The zero-order valence-corrected chi connectivity index (χ0v) is 9.83. The van der Waals surface area contributed by atoms with Crippen LogP contribution in [0.1, 0.15) is 11.1 Å². The van der Waals surface area contributed by atoms with Crippen LogP contribution in [0.5, 0.6) is 0 Å². The molecule has 0 aromatic heterocycles. The minimum Gasteiger partial charge on any atom is -0.478 e. The Bertz CT molecular complexity index is 497. The first-order chi connectivity index (χ1) is 7.66. The Hall–Kier alpha value is -1.14. The van der Waals surface area contributed by atoms with Gasteiger partial charge in [-0.3, -0.25) is 0 Å². The first-order valence-corrected chi connectivity index (χ1v) is 5.00. The molecule has 0 radical (unpaired) electrons. The van der Waals surface area contributed by atoms with E-state index in [9.17, 15) is 18.0 Å². The van der Waals surface area contributed by atoms with Crippen LogP contribution < -0.4 is 0 Å².